The number of hydrogen-bond acceptors (Lipinski definition) is 4. The number of rotatable bonds is 3. The summed E-state index contributed by atoms with van der Waals surface area (Å²) in [5.41, 5.74) is 6.56. The van der Waals surface area contributed by atoms with E-state index < -0.39 is 0 Å². The summed E-state index contributed by atoms with van der Waals surface area (Å²) in [6.45, 7) is 0.487. The summed E-state index contributed by atoms with van der Waals surface area (Å²) in [6, 6.07) is 17.7. The minimum Gasteiger partial charge on any atom is -0.463 e. The lowest BCUT2D eigenvalue weighted by molar-refractivity contribution is 0.315. The molecule has 0 aromatic heterocycles. The summed E-state index contributed by atoms with van der Waals surface area (Å²) in [5, 5.41) is 0. The largest absolute Gasteiger partial charge is 0.463 e. The first-order valence-corrected chi connectivity index (χ1v) is 6.10. The van der Waals surface area contributed by atoms with Gasteiger partial charge in [0.15, 0.2) is 0 Å². The molecule has 19 heavy (non-hydrogen) atoms. The monoisotopic (exact) mass is 254 g/mol. The van der Waals surface area contributed by atoms with E-state index in [1.807, 2.05) is 54.6 Å². The number of nitrogens with two attached hydrogens (primary N) is 1. The first-order valence-electron chi connectivity index (χ1n) is 6.10. The van der Waals surface area contributed by atoms with Crippen LogP contribution in [0.1, 0.15) is 11.6 Å². The Labute approximate surface area is 111 Å². The van der Waals surface area contributed by atoms with Gasteiger partial charge in [0, 0.05) is 0 Å². The van der Waals surface area contributed by atoms with Crippen molar-refractivity contribution in [3.8, 4) is 11.5 Å². The molecule has 0 saturated heterocycles. The SMILES string of the molecule is NC1=N[C@@H](c2cccc(Oc3ccccc3)c2)CO1. The van der Waals surface area contributed by atoms with Crippen LogP contribution in [0.25, 0.3) is 0 Å². The standard InChI is InChI=1S/C15H14N2O2/c16-15-17-14(10-18-15)11-5-4-8-13(9-11)19-12-6-2-1-3-7-12/h1-9,14H,10H2,(H2,16,17)/t14-/m1/s1. The van der Waals surface area contributed by atoms with Crippen LogP contribution in [0.15, 0.2) is 59.6 Å². The lowest BCUT2D eigenvalue weighted by atomic mass is 10.1. The van der Waals surface area contributed by atoms with Gasteiger partial charge < -0.3 is 15.2 Å². The van der Waals surface area contributed by atoms with Gasteiger partial charge in [-0.2, -0.15) is 0 Å². The van der Waals surface area contributed by atoms with Gasteiger partial charge in [0.2, 0.25) is 0 Å². The van der Waals surface area contributed by atoms with E-state index in [0.29, 0.717) is 6.61 Å². The predicted octanol–water partition coefficient (Wildman–Crippen LogP) is 2.86. The Morgan fingerprint density at radius 1 is 1.05 bits per heavy atom. The van der Waals surface area contributed by atoms with Crippen LogP contribution in [0.4, 0.5) is 0 Å². The number of hydrogen-bond donors (Lipinski definition) is 1. The van der Waals surface area contributed by atoms with Crippen molar-refractivity contribution >= 4 is 6.02 Å². The van der Waals surface area contributed by atoms with Crippen molar-refractivity contribution in [2.75, 3.05) is 6.61 Å². The number of aliphatic imine (C=N–C) groups is 1. The first kappa shape index (κ1) is 11.6. The van der Waals surface area contributed by atoms with Crippen LogP contribution in [0, 0.1) is 0 Å². The minimum atomic E-state index is -0.0423. The fourth-order valence-corrected chi connectivity index (χ4v) is 1.97. The van der Waals surface area contributed by atoms with Gasteiger partial charge in [-0.1, -0.05) is 30.3 Å². The minimum absolute atomic E-state index is 0.0423. The molecule has 0 bridgehead atoms. The highest BCUT2D eigenvalue weighted by Gasteiger charge is 2.18. The zero-order valence-corrected chi connectivity index (χ0v) is 10.3. The second-order valence-corrected chi connectivity index (χ2v) is 4.28. The molecule has 4 heteroatoms. The van der Waals surface area contributed by atoms with Crippen molar-refractivity contribution in [2.45, 2.75) is 6.04 Å². The third-order valence-electron chi connectivity index (χ3n) is 2.89. The van der Waals surface area contributed by atoms with Crippen LogP contribution in [0.3, 0.4) is 0 Å². The van der Waals surface area contributed by atoms with Gasteiger partial charge in [-0.25, -0.2) is 4.99 Å². The van der Waals surface area contributed by atoms with Crippen molar-refractivity contribution in [3.63, 3.8) is 0 Å². The zero-order chi connectivity index (χ0) is 13.1. The number of benzene rings is 2. The van der Waals surface area contributed by atoms with E-state index in [9.17, 15) is 0 Å². The van der Waals surface area contributed by atoms with E-state index in [2.05, 4.69) is 4.99 Å². The van der Waals surface area contributed by atoms with Crippen LogP contribution in [-0.2, 0) is 4.74 Å². The molecular weight excluding hydrogens is 240 g/mol. The Bertz CT molecular complexity index is 596. The molecule has 0 radical (unpaired) electrons. The van der Waals surface area contributed by atoms with E-state index >= 15 is 0 Å². The Balaban J connectivity index is 1.80. The van der Waals surface area contributed by atoms with Gasteiger partial charge in [0.05, 0.1) is 0 Å². The number of nitrogens with zero attached hydrogens (tertiary/aromatic N) is 1. The molecule has 1 heterocycles. The van der Waals surface area contributed by atoms with Crippen molar-refractivity contribution in [1.82, 2.24) is 0 Å². The van der Waals surface area contributed by atoms with Crippen LogP contribution >= 0.6 is 0 Å². The summed E-state index contributed by atoms with van der Waals surface area (Å²) >= 11 is 0. The average Bonchev–Trinajstić information content (AvgIpc) is 2.87. The van der Waals surface area contributed by atoms with Crippen LogP contribution < -0.4 is 10.5 Å². The topological polar surface area (TPSA) is 56.8 Å². The quantitative estimate of drug-likeness (QED) is 0.916. The number of ether oxygens (including phenoxy) is 2. The molecule has 3 rings (SSSR count). The summed E-state index contributed by atoms with van der Waals surface area (Å²) in [4.78, 5) is 4.22. The van der Waals surface area contributed by atoms with Crippen LogP contribution in [0.5, 0.6) is 11.5 Å². The van der Waals surface area contributed by atoms with E-state index in [1.165, 1.54) is 0 Å². The third kappa shape index (κ3) is 2.68. The lowest BCUT2D eigenvalue weighted by Gasteiger charge is -2.09. The second kappa shape index (κ2) is 5.02. The molecule has 0 saturated carbocycles. The molecule has 2 aromatic carbocycles. The van der Waals surface area contributed by atoms with Crippen LogP contribution in [0.2, 0.25) is 0 Å². The highest BCUT2D eigenvalue weighted by Crippen LogP contribution is 2.27. The summed E-state index contributed by atoms with van der Waals surface area (Å²) < 4.78 is 10.9. The van der Waals surface area contributed by atoms with Gasteiger partial charge in [-0.05, 0) is 29.8 Å². The van der Waals surface area contributed by atoms with Gasteiger partial charge in [0.25, 0.3) is 6.02 Å². The van der Waals surface area contributed by atoms with Crippen molar-refractivity contribution < 1.29 is 9.47 Å². The van der Waals surface area contributed by atoms with Crippen molar-refractivity contribution in [3.05, 3.63) is 60.2 Å². The zero-order valence-electron chi connectivity index (χ0n) is 10.3. The van der Waals surface area contributed by atoms with E-state index in [-0.39, 0.29) is 12.1 Å². The highest BCUT2D eigenvalue weighted by atomic mass is 16.5. The smallest absolute Gasteiger partial charge is 0.282 e. The normalized spacial score (nSPS) is 17.7. The second-order valence-electron chi connectivity index (χ2n) is 4.28. The molecule has 0 aliphatic carbocycles. The number of amidine groups is 1. The summed E-state index contributed by atoms with van der Waals surface area (Å²) in [7, 11) is 0. The molecular formula is C15H14N2O2. The maximum absolute atomic E-state index is 5.78. The lowest BCUT2D eigenvalue weighted by Crippen LogP contribution is -2.10. The van der Waals surface area contributed by atoms with Crippen molar-refractivity contribution in [1.29, 1.82) is 0 Å². The first-order chi connectivity index (χ1) is 9.31. The molecule has 1 aliphatic heterocycles. The fraction of sp³-hybridized carbons (Fsp3) is 0.133. The van der Waals surface area contributed by atoms with E-state index in [0.717, 1.165) is 17.1 Å². The molecule has 0 amide bonds. The van der Waals surface area contributed by atoms with Gasteiger partial charge in [-0.3, -0.25) is 0 Å². The summed E-state index contributed by atoms with van der Waals surface area (Å²) in [6.07, 6.45) is 0. The average molecular weight is 254 g/mol. The van der Waals surface area contributed by atoms with Gasteiger partial charge in [0.1, 0.15) is 24.1 Å². The fourth-order valence-electron chi connectivity index (χ4n) is 1.97. The molecule has 4 nitrogen and oxygen atoms in total. The molecule has 0 unspecified atom stereocenters. The summed E-state index contributed by atoms with van der Waals surface area (Å²) in [5.74, 6) is 1.59. The highest BCUT2D eigenvalue weighted by molar-refractivity contribution is 5.73. The van der Waals surface area contributed by atoms with Gasteiger partial charge >= 0.3 is 0 Å². The van der Waals surface area contributed by atoms with Crippen molar-refractivity contribution in [2.24, 2.45) is 10.7 Å². The Kier molecular flexibility index (Phi) is 3.06. The molecule has 96 valence electrons. The Morgan fingerprint density at radius 3 is 2.58 bits per heavy atom. The molecule has 2 N–H and O–H groups in total. The van der Waals surface area contributed by atoms with Gasteiger partial charge in [-0.15, -0.1) is 0 Å². The van der Waals surface area contributed by atoms with E-state index in [4.69, 9.17) is 15.2 Å². The number of para-hydroxylation sites is 1. The van der Waals surface area contributed by atoms with Crippen LogP contribution in [-0.4, -0.2) is 12.6 Å². The maximum Gasteiger partial charge on any atom is 0.282 e. The molecule has 1 aliphatic rings. The molecule has 0 fully saturated rings. The molecule has 2 aromatic rings. The molecule has 0 spiro atoms. The Morgan fingerprint density at radius 2 is 1.84 bits per heavy atom. The predicted molar refractivity (Wildman–Crippen MR) is 73.3 cm³/mol. The Hall–Kier alpha value is -2.49. The maximum atomic E-state index is 5.78. The van der Waals surface area contributed by atoms with E-state index in [1.54, 1.807) is 0 Å². The molecule has 1 atom stereocenters. The third-order valence-corrected chi connectivity index (χ3v) is 2.89.